The van der Waals surface area contributed by atoms with E-state index in [4.69, 9.17) is 4.74 Å². The molecule has 0 aliphatic carbocycles. The van der Waals surface area contributed by atoms with Crippen LogP contribution in [0.4, 0.5) is 0 Å². The number of carboxylic acid groups (broad SMARTS) is 1. The Morgan fingerprint density at radius 3 is 2.81 bits per heavy atom. The minimum absolute atomic E-state index is 0.172. The summed E-state index contributed by atoms with van der Waals surface area (Å²) in [5, 5.41) is 19.8. The highest BCUT2D eigenvalue weighted by atomic mass is 16.5. The number of methoxy groups -OCH3 is 1. The van der Waals surface area contributed by atoms with E-state index in [1.165, 1.54) is 0 Å². The highest BCUT2D eigenvalue weighted by molar-refractivity contribution is 5.79. The highest BCUT2D eigenvalue weighted by Crippen LogP contribution is 2.42. The summed E-state index contributed by atoms with van der Waals surface area (Å²) < 4.78 is 5.20. The van der Waals surface area contributed by atoms with Crippen molar-refractivity contribution in [1.82, 2.24) is 4.90 Å². The molecule has 0 radical (unpaired) electrons. The van der Waals surface area contributed by atoms with E-state index in [9.17, 15) is 15.0 Å². The number of phenolic OH excluding ortho intramolecular Hbond substituents is 1. The molecular weight excluding hydrogens is 270 g/mol. The standard InChI is InChI=1S/C16H23NO4/c1-4-16(15(19)20)8-5-9-17(16)11(2)13-10-12(21-3)6-7-14(13)18/h6-7,10-11,18H,4-5,8-9H2,1-3H3,(H,19,20). The Balaban J connectivity index is 2.39. The van der Waals surface area contributed by atoms with E-state index < -0.39 is 11.5 Å². The van der Waals surface area contributed by atoms with Gasteiger partial charge in [-0.25, -0.2) is 0 Å². The maximum Gasteiger partial charge on any atom is 0.324 e. The molecule has 5 heteroatoms. The second kappa shape index (κ2) is 5.93. The van der Waals surface area contributed by atoms with Gasteiger partial charge in [0.2, 0.25) is 0 Å². The van der Waals surface area contributed by atoms with Crippen molar-refractivity contribution in [2.45, 2.75) is 44.7 Å². The predicted octanol–water partition coefficient (Wildman–Crippen LogP) is 2.79. The molecular formula is C16H23NO4. The van der Waals surface area contributed by atoms with Crippen molar-refractivity contribution >= 4 is 5.97 Å². The summed E-state index contributed by atoms with van der Waals surface area (Å²) in [6.45, 7) is 4.57. The number of carboxylic acids is 1. The van der Waals surface area contributed by atoms with Crippen molar-refractivity contribution in [3.63, 3.8) is 0 Å². The van der Waals surface area contributed by atoms with Crippen molar-refractivity contribution in [3.05, 3.63) is 23.8 Å². The van der Waals surface area contributed by atoms with E-state index in [1.807, 2.05) is 18.7 Å². The lowest BCUT2D eigenvalue weighted by Gasteiger charge is -2.38. The smallest absolute Gasteiger partial charge is 0.324 e. The SMILES string of the molecule is CCC1(C(=O)O)CCCN1C(C)c1cc(OC)ccc1O. The summed E-state index contributed by atoms with van der Waals surface area (Å²) >= 11 is 0. The van der Waals surface area contributed by atoms with Crippen LogP contribution in [0.3, 0.4) is 0 Å². The van der Waals surface area contributed by atoms with Gasteiger partial charge in [-0.05, 0) is 50.9 Å². The highest BCUT2D eigenvalue weighted by Gasteiger charge is 2.48. The minimum atomic E-state index is -0.838. The largest absolute Gasteiger partial charge is 0.508 e. The van der Waals surface area contributed by atoms with Crippen LogP contribution >= 0.6 is 0 Å². The van der Waals surface area contributed by atoms with Crippen LogP contribution in [0.15, 0.2) is 18.2 Å². The van der Waals surface area contributed by atoms with E-state index in [-0.39, 0.29) is 11.8 Å². The van der Waals surface area contributed by atoms with Crippen molar-refractivity contribution in [2.24, 2.45) is 0 Å². The Labute approximate surface area is 125 Å². The molecule has 2 N–H and O–H groups in total. The summed E-state index contributed by atoms with van der Waals surface area (Å²) in [6, 6.07) is 4.88. The van der Waals surface area contributed by atoms with Crippen LogP contribution in [0.2, 0.25) is 0 Å². The number of hydrogen-bond donors (Lipinski definition) is 2. The van der Waals surface area contributed by atoms with Gasteiger partial charge in [0.15, 0.2) is 0 Å². The Hall–Kier alpha value is -1.75. The number of aliphatic carboxylic acids is 1. The zero-order valence-corrected chi connectivity index (χ0v) is 12.8. The van der Waals surface area contributed by atoms with Crippen molar-refractivity contribution in [1.29, 1.82) is 0 Å². The average molecular weight is 293 g/mol. The molecule has 0 bridgehead atoms. The van der Waals surface area contributed by atoms with Gasteiger partial charge >= 0.3 is 5.97 Å². The second-order valence-corrected chi connectivity index (χ2v) is 5.59. The zero-order chi connectivity index (χ0) is 15.6. The molecule has 0 saturated carbocycles. The number of carbonyl (C=O) groups is 1. The van der Waals surface area contributed by atoms with Crippen LogP contribution < -0.4 is 4.74 Å². The topological polar surface area (TPSA) is 70.0 Å². The maximum atomic E-state index is 11.8. The monoisotopic (exact) mass is 293 g/mol. The van der Waals surface area contributed by atoms with Gasteiger partial charge in [-0.3, -0.25) is 9.69 Å². The normalized spacial score (nSPS) is 24.0. The first-order chi connectivity index (χ1) is 9.96. The van der Waals surface area contributed by atoms with Gasteiger partial charge in [-0.2, -0.15) is 0 Å². The Bertz CT molecular complexity index is 531. The van der Waals surface area contributed by atoms with Gasteiger partial charge < -0.3 is 14.9 Å². The van der Waals surface area contributed by atoms with Gasteiger partial charge in [-0.1, -0.05) is 6.92 Å². The molecule has 2 atom stereocenters. The Morgan fingerprint density at radius 2 is 2.24 bits per heavy atom. The molecule has 2 rings (SSSR count). The first-order valence-electron chi connectivity index (χ1n) is 7.33. The lowest BCUT2D eigenvalue weighted by atomic mass is 9.90. The summed E-state index contributed by atoms with van der Waals surface area (Å²) in [4.78, 5) is 13.8. The fourth-order valence-corrected chi connectivity index (χ4v) is 3.39. The van der Waals surface area contributed by atoms with Crippen molar-refractivity contribution in [2.75, 3.05) is 13.7 Å². The molecule has 0 spiro atoms. The fourth-order valence-electron chi connectivity index (χ4n) is 3.39. The molecule has 1 aromatic carbocycles. The molecule has 1 aliphatic heterocycles. The quantitative estimate of drug-likeness (QED) is 0.873. The predicted molar refractivity (Wildman–Crippen MR) is 79.7 cm³/mol. The molecule has 1 fully saturated rings. The fraction of sp³-hybridized carbons (Fsp3) is 0.562. The van der Waals surface area contributed by atoms with E-state index >= 15 is 0 Å². The third kappa shape index (κ3) is 2.58. The lowest BCUT2D eigenvalue weighted by Crippen LogP contribution is -2.50. The summed E-state index contributed by atoms with van der Waals surface area (Å²) in [7, 11) is 1.57. The first-order valence-corrected chi connectivity index (χ1v) is 7.33. The molecule has 2 unspecified atom stereocenters. The lowest BCUT2D eigenvalue weighted by molar-refractivity contribution is -0.151. The number of rotatable bonds is 5. The van der Waals surface area contributed by atoms with Crippen LogP contribution in [-0.4, -0.2) is 40.3 Å². The van der Waals surface area contributed by atoms with Crippen molar-refractivity contribution < 1.29 is 19.7 Å². The summed E-state index contributed by atoms with van der Waals surface area (Å²) in [5.41, 5.74) is -0.134. The molecule has 0 amide bonds. The molecule has 1 aliphatic rings. The zero-order valence-electron chi connectivity index (χ0n) is 12.8. The number of aromatic hydroxyl groups is 1. The van der Waals surface area contributed by atoms with Crippen molar-refractivity contribution in [3.8, 4) is 11.5 Å². The van der Waals surface area contributed by atoms with Crippen LogP contribution in [0.5, 0.6) is 11.5 Å². The van der Waals surface area contributed by atoms with Crippen LogP contribution in [0.25, 0.3) is 0 Å². The Kier molecular flexibility index (Phi) is 4.42. The molecule has 5 nitrogen and oxygen atoms in total. The number of ether oxygens (including phenoxy) is 1. The van der Waals surface area contributed by atoms with Gasteiger partial charge in [0.25, 0.3) is 0 Å². The van der Waals surface area contributed by atoms with Gasteiger partial charge in [-0.15, -0.1) is 0 Å². The number of nitrogens with zero attached hydrogens (tertiary/aromatic N) is 1. The third-order valence-electron chi connectivity index (χ3n) is 4.67. The maximum absolute atomic E-state index is 11.8. The molecule has 0 aromatic heterocycles. The molecule has 116 valence electrons. The number of phenols is 1. The van der Waals surface area contributed by atoms with Crippen LogP contribution in [0, 0.1) is 0 Å². The summed E-state index contributed by atoms with van der Waals surface area (Å²) in [6.07, 6.45) is 2.06. The second-order valence-electron chi connectivity index (χ2n) is 5.59. The summed E-state index contributed by atoms with van der Waals surface area (Å²) in [5.74, 6) is 0.0496. The van der Waals surface area contributed by atoms with E-state index in [0.29, 0.717) is 24.2 Å². The molecule has 1 heterocycles. The molecule has 1 saturated heterocycles. The molecule has 21 heavy (non-hydrogen) atoms. The Morgan fingerprint density at radius 1 is 1.52 bits per heavy atom. The minimum Gasteiger partial charge on any atom is -0.508 e. The number of likely N-dealkylation sites (tertiary alicyclic amines) is 1. The first kappa shape index (κ1) is 15.6. The third-order valence-corrected chi connectivity index (χ3v) is 4.67. The number of hydrogen-bond acceptors (Lipinski definition) is 4. The van der Waals surface area contributed by atoms with E-state index in [0.717, 1.165) is 13.0 Å². The molecule has 1 aromatic rings. The van der Waals surface area contributed by atoms with Gasteiger partial charge in [0.05, 0.1) is 7.11 Å². The van der Waals surface area contributed by atoms with Crippen LogP contribution in [-0.2, 0) is 4.79 Å². The van der Waals surface area contributed by atoms with E-state index in [2.05, 4.69) is 0 Å². The van der Waals surface area contributed by atoms with Crippen LogP contribution in [0.1, 0.15) is 44.7 Å². The number of benzene rings is 1. The van der Waals surface area contributed by atoms with Gasteiger partial charge in [0, 0.05) is 11.6 Å². The average Bonchev–Trinajstić information content (AvgIpc) is 2.92. The van der Waals surface area contributed by atoms with E-state index in [1.54, 1.807) is 25.3 Å². The van der Waals surface area contributed by atoms with Gasteiger partial charge in [0.1, 0.15) is 17.0 Å².